The summed E-state index contributed by atoms with van der Waals surface area (Å²) in [5.41, 5.74) is 2.54. The highest BCUT2D eigenvalue weighted by Gasteiger charge is 2.61. The zero-order valence-electron chi connectivity index (χ0n) is 38.0. The SMILES string of the molecule is CCCCCCCCCCCCCCCCCCCCCC(=O)O[C@H]1CC[C@@]2(C)[C@@H](CC[C@@H]3[C@@H]2CC[C@]2(C)[C@@H]([C@H](C)/C=C(\C)[C@H](C)C(C)C)CC[C@@H]32)[C@@H]1C. The minimum Gasteiger partial charge on any atom is -0.462 e. The predicted octanol–water partition coefficient (Wildman–Crippen LogP) is 16.5. The van der Waals surface area contributed by atoms with Crippen molar-refractivity contribution in [1.82, 2.24) is 0 Å². The lowest BCUT2D eigenvalue weighted by molar-refractivity contribution is -0.175. The highest BCUT2D eigenvalue weighted by atomic mass is 16.5. The number of unbranched alkanes of at least 4 members (excludes halogenated alkanes) is 18. The first-order chi connectivity index (χ1) is 25.9. The molecule has 54 heavy (non-hydrogen) atoms. The third-order valence-electron chi connectivity index (χ3n) is 17.4. The van der Waals surface area contributed by atoms with Crippen molar-refractivity contribution >= 4 is 5.97 Å². The standard InChI is InChI=1S/C52H94O2/c1-10-11-12-13-14-15-16-17-18-19-20-21-22-23-24-25-26-27-28-29-50(53)54-49-35-37-52(9)46(43(49)7)31-30-44-47-33-32-45(51(47,8)36-34-48(44)52)41(5)38-40(4)42(6)39(2)3/h38-39,41-49H,10-37H2,1-9H3/b40-38+/t41-,42-,43+,44+,45-,46+,47+,48+,49+,51-,52+/m1/s1. The van der Waals surface area contributed by atoms with Crippen LogP contribution in [0.3, 0.4) is 0 Å². The van der Waals surface area contributed by atoms with E-state index in [2.05, 4.69) is 68.4 Å². The van der Waals surface area contributed by atoms with E-state index in [-0.39, 0.29) is 12.1 Å². The molecule has 4 aliphatic carbocycles. The predicted molar refractivity (Wildman–Crippen MR) is 235 cm³/mol. The highest BCUT2D eigenvalue weighted by Crippen LogP contribution is 2.69. The molecule has 0 aromatic heterocycles. The van der Waals surface area contributed by atoms with Crippen LogP contribution in [-0.2, 0) is 9.53 Å². The largest absolute Gasteiger partial charge is 0.462 e. The smallest absolute Gasteiger partial charge is 0.306 e. The van der Waals surface area contributed by atoms with Crippen molar-refractivity contribution in [2.45, 2.75) is 248 Å². The second-order valence-corrected chi connectivity index (χ2v) is 21.1. The van der Waals surface area contributed by atoms with Gasteiger partial charge in [-0.05, 0) is 129 Å². The molecule has 4 fully saturated rings. The van der Waals surface area contributed by atoms with E-state index >= 15 is 0 Å². The summed E-state index contributed by atoms with van der Waals surface area (Å²) in [5, 5.41) is 0. The summed E-state index contributed by atoms with van der Waals surface area (Å²) in [7, 11) is 0. The third kappa shape index (κ3) is 12.4. The molecule has 0 bridgehead atoms. The number of allylic oxidation sites excluding steroid dienone is 2. The molecule has 4 saturated carbocycles. The average molecular weight is 751 g/mol. The molecule has 0 unspecified atom stereocenters. The molecular weight excluding hydrogens is 657 g/mol. The molecule has 0 amide bonds. The summed E-state index contributed by atoms with van der Waals surface area (Å²) in [5.74, 6) is 6.90. The van der Waals surface area contributed by atoms with Crippen LogP contribution >= 0.6 is 0 Å². The topological polar surface area (TPSA) is 26.3 Å². The summed E-state index contributed by atoms with van der Waals surface area (Å²) in [6, 6.07) is 0. The van der Waals surface area contributed by atoms with Gasteiger partial charge < -0.3 is 4.74 Å². The number of fused-ring (bicyclic) bond motifs is 5. The van der Waals surface area contributed by atoms with Crippen LogP contribution in [0.4, 0.5) is 0 Å². The van der Waals surface area contributed by atoms with E-state index in [1.807, 2.05) is 0 Å². The number of hydrogen-bond donors (Lipinski definition) is 0. The number of esters is 1. The van der Waals surface area contributed by atoms with Gasteiger partial charge in [0.05, 0.1) is 0 Å². The second kappa shape index (κ2) is 23.0. The van der Waals surface area contributed by atoms with Crippen molar-refractivity contribution in [2.75, 3.05) is 0 Å². The van der Waals surface area contributed by atoms with Gasteiger partial charge in [-0.15, -0.1) is 0 Å². The van der Waals surface area contributed by atoms with E-state index in [4.69, 9.17) is 4.74 Å². The van der Waals surface area contributed by atoms with Gasteiger partial charge in [-0.1, -0.05) is 183 Å². The first-order valence-corrected chi connectivity index (χ1v) is 24.8. The maximum absolute atomic E-state index is 13.1. The van der Waals surface area contributed by atoms with Crippen LogP contribution in [0.2, 0.25) is 0 Å². The highest BCUT2D eigenvalue weighted by molar-refractivity contribution is 5.69. The molecule has 4 rings (SSSR count). The normalized spacial score (nSPS) is 33.6. The zero-order valence-corrected chi connectivity index (χ0v) is 38.0. The third-order valence-corrected chi connectivity index (χ3v) is 17.4. The van der Waals surface area contributed by atoms with Crippen LogP contribution in [0.1, 0.15) is 242 Å². The van der Waals surface area contributed by atoms with Crippen molar-refractivity contribution in [1.29, 1.82) is 0 Å². The molecular formula is C52H94O2. The molecule has 0 aliphatic heterocycles. The van der Waals surface area contributed by atoms with E-state index in [0.717, 1.165) is 42.4 Å². The number of rotatable bonds is 25. The van der Waals surface area contributed by atoms with Gasteiger partial charge in [-0.2, -0.15) is 0 Å². The summed E-state index contributed by atoms with van der Waals surface area (Å²) < 4.78 is 6.32. The molecule has 2 nitrogen and oxygen atoms in total. The number of ether oxygens (including phenoxy) is 1. The first-order valence-electron chi connectivity index (χ1n) is 24.8. The molecule has 0 saturated heterocycles. The van der Waals surface area contributed by atoms with Crippen molar-refractivity contribution < 1.29 is 9.53 Å². The number of hydrogen-bond acceptors (Lipinski definition) is 2. The molecule has 0 aromatic rings. The van der Waals surface area contributed by atoms with Gasteiger partial charge in [0.1, 0.15) is 6.10 Å². The lowest BCUT2D eigenvalue weighted by Gasteiger charge is -2.62. The van der Waals surface area contributed by atoms with Crippen LogP contribution in [0.25, 0.3) is 0 Å². The Bertz CT molecular complexity index is 1090. The first kappa shape index (κ1) is 45.9. The Morgan fingerprint density at radius 1 is 0.630 bits per heavy atom. The Hall–Kier alpha value is -0.790. The van der Waals surface area contributed by atoms with Gasteiger partial charge >= 0.3 is 5.97 Å². The minimum atomic E-state index is 0.0859. The Kier molecular flexibility index (Phi) is 19.5. The van der Waals surface area contributed by atoms with E-state index in [1.54, 1.807) is 5.57 Å². The van der Waals surface area contributed by atoms with Gasteiger partial charge in [0, 0.05) is 6.42 Å². The lowest BCUT2D eigenvalue weighted by atomic mass is 9.43. The van der Waals surface area contributed by atoms with Crippen LogP contribution in [0.5, 0.6) is 0 Å². The Morgan fingerprint density at radius 2 is 1.11 bits per heavy atom. The molecule has 0 radical (unpaired) electrons. The number of carbonyl (C=O) groups is 1. The van der Waals surface area contributed by atoms with Crippen molar-refractivity contribution in [3.8, 4) is 0 Å². The van der Waals surface area contributed by atoms with Crippen molar-refractivity contribution in [2.24, 2.45) is 64.1 Å². The Morgan fingerprint density at radius 3 is 1.65 bits per heavy atom. The second-order valence-electron chi connectivity index (χ2n) is 21.1. The van der Waals surface area contributed by atoms with Crippen LogP contribution in [-0.4, -0.2) is 12.1 Å². The van der Waals surface area contributed by atoms with E-state index in [9.17, 15) is 4.79 Å². The molecule has 314 valence electrons. The summed E-state index contributed by atoms with van der Waals surface area (Å²) in [6.45, 7) is 22.3. The van der Waals surface area contributed by atoms with E-state index in [1.165, 1.54) is 161 Å². The van der Waals surface area contributed by atoms with Crippen LogP contribution in [0.15, 0.2) is 11.6 Å². The van der Waals surface area contributed by atoms with Gasteiger partial charge in [-0.25, -0.2) is 0 Å². The monoisotopic (exact) mass is 751 g/mol. The van der Waals surface area contributed by atoms with Crippen LogP contribution < -0.4 is 0 Å². The molecule has 11 atom stereocenters. The quantitative estimate of drug-likeness (QED) is 0.0528. The van der Waals surface area contributed by atoms with Crippen LogP contribution in [0, 0.1) is 64.1 Å². The van der Waals surface area contributed by atoms with Gasteiger partial charge in [0.25, 0.3) is 0 Å². The molecule has 0 spiro atoms. The van der Waals surface area contributed by atoms with Crippen molar-refractivity contribution in [3.05, 3.63) is 11.6 Å². The molecule has 2 heteroatoms. The fourth-order valence-electron chi connectivity index (χ4n) is 13.5. The number of carbonyl (C=O) groups excluding carboxylic acids is 1. The maximum Gasteiger partial charge on any atom is 0.306 e. The molecule has 0 heterocycles. The molecule has 0 N–H and O–H groups in total. The maximum atomic E-state index is 13.1. The zero-order chi connectivity index (χ0) is 39.1. The van der Waals surface area contributed by atoms with Crippen molar-refractivity contribution in [3.63, 3.8) is 0 Å². The molecule has 0 aromatic carbocycles. The van der Waals surface area contributed by atoms with Gasteiger partial charge in [-0.3, -0.25) is 4.79 Å². The Labute approximate surface area is 338 Å². The average Bonchev–Trinajstić information content (AvgIpc) is 3.50. The van der Waals surface area contributed by atoms with E-state index < -0.39 is 0 Å². The fourth-order valence-corrected chi connectivity index (χ4v) is 13.5. The summed E-state index contributed by atoms with van der Waals surface area (Å²) in [4.78, 5) is 13.1. The van der Waals surface area contributed by atoms with E-state index in [0.29, 0.717) is 40.9 Å². The lowest BCUT2D eigenvalue weighted by Crippen LogP contribution is -2.56. The van der Waals surface area contributed by atoms with Gasteiger partial charge in [0.2, 0.25) is 0 Å². The fraction of sp³-hybridized carbons (Fsp3) is 0.942. The van der Waals surface area contributed by atoms with Gasteiger partial charge in [0.15, 0.2) is 0 Å². The minimum absolute atomic E-state index is 0.0859. The Balaban J connectivity index is 1.08. The summed E-state index contributed by atoms with van der Waals surface area (Å²) >= 11 is 0. The summed E-state index contributed by atoms with van der Waals surface area (Å²) in [6.07, 6.45) is 40.6. The molecule has 4 aliphatic rings.